The number of aliphatic hydroxyl groups excluding tert-OH is 1. The summed E-state index contributed by atoms with van der Waals surface area (Å²) in [6, 6.07) is 4.40. The van der Waals surface area contributed by atoms with Crippen molar-refractivity contribution in [3.8, 4) is 17.6 Å². The molecule has 35 heavy (non-hydrogen) atoms. The molecule has 3 aliphatic rings. The van der Waals surface area contributed by atoms with Crippen molar-refractivity contribution in [1.29, 1.82) is 0 Å². The first kappa shape index (κ1) is 26.0. The van der Waals surface area contributed by atoms with Gasteiger partial charge < -0.3 is 14.7 Å². The molecule has 1 amide bonds. The van der Waals surface area contributed by atoms with Crippen molar-refractivity contribution >= 4 is 15.9 Å². The normalized spacial score (nSPS) is 25.7. The molecule has 3 atom stereocenters. The lowest BCUT2D eigenvalue weighted by Gasteiger charge is -2.38. The zero-order valence-electron chi connectivity index (χ0n) is 21.1. The van der Waals surface area contributed by atoms with Gasteiger partial charge in [0.1, 0.15) is 16.7 Å². The number of hydrogen-bond donors (Lipinski definition) is 1. The van der Waals surface area contributed by atoms with E-state index in [1.807, 2.05) is 14.0 Å². The Morgan fingerprint density at radius 2 is 1.94 bits per heavy atom. The number of sulfonamides is 1. The third kappa shape index (κ3) is 6.02. The molecule has 0 spiro atoms. The van der Waals surface area contributed by atoms with Gasteiger partial charge in [0.15, 0.2) is 0 Å². The van der Waals surface area contributed by atoms with Crippen molar-refractivity contribution in [2.45, 2.75) is 75.8 Å². The molecule has 0 aromatic heterocycles. The van der Waals surface area contributed by atoms with Gasteiger partial charge in [0.25, 0.3) is 0 Å². The van der Waals surface area contributed by atoms with E-state index < -0.39 is 22.2 Å². The second kappa shape index (κ2) is 10.9. The number of nitrogens with zero attached hydrogens (tertiary/aromatic N) is 2. The number of amides is 1. The number of fused-ring (bicyclic) bond motifs is 1. The highest BCUT2D eigenvalue weighted by Gasteiger charge is 2.38. The van der Waals surface area contributed by atoms with Crippen LogP contribution in [0.4, 0.5) is 0 Å². The summed E-state index contributed by atoms with van der Waals surface area (Å²) in [5.74, 6) is 7.05. The van der Waals surface area contributed by atoms with Crippen LogP contribution in [0.2, 0.25) is 0 Å². The number of likely N-dealkylation sites (N-methyl/N-ethyl adjacent to an activating group) is 1. The van der Waals surface area contributed by atoms with Crippen LogP contribution in [-0.4, -0.2) is 67.5 Å². The Morgan fingerprint density at radius 1 is 1.23 bits per heavy atom. The van der Waals surface area contributed by atoms with Crippen LogP contribution in [0.25, 0.3) is 0 Å². The van der Waals surface area contributed by atoms with Crippen molar-refractivity contribution in [2.75, 3.05) is 26.7 Å². The van der Waals surface area contributed by atoms with Crippen molar-refractivity contribution in [3.05, 3.63) is 23.8 Å². The second-order valence-electron chi connectivity index (χ2n) is 10.5. The molecular formula is C27H38N2O5S. The summed E-state index contributed by atoms with van der Waals surface area (Å²) in [6.07, 6.45) is 7.03. The summed E-state index contributed by atoms with van der Waals surface area (Å²) in [5.41, 5.74) is 0.714. The molecule has 7 nitrogen and oxygen atoms in total. The molecule has 2 saturated carbocycles. The summed E-state index contributed by atoms with van der Waals surface area (Å²) < 4.78 is 34.9. The molecule has 1 aromatic rings. The van der Waals surface area contributed by atoms with Crippen LogP contribution in [-0.2, 0) is 14.8 Å². The van der Waals surface area contributed by atoms with Gasteiger partial charge in [0.05, 0.1) is 13.2 Å². The number of benzene rings is 1. The Balaban J connectivity index is 1.65. The van der Waals surface area contributed by atoms with Gasteiger partial charge in [-0.05, 0) is 50.8 Å². The molecule has 1 aromatic carbocycles. The van der Waals surface area contributed by atoms with E-state index >= 15 is 0 Å². The summed E-state index contributed by atoms with van der Waals surface area (Å²) in [5, 5.41) is 9.81. The lowest BCUT2D eigenvalue weighted by molar-refractivity contribution is -0.136. The molecule has 4 rings (SSSR count). The maximum atomic E-state index is 13.6. The molecule has 0 bridgehead atoms. The predicted molar refractivity (Wildman–Crippen MR) is 134 cm³/mol. The lowest BCUT2D eigenvalue weighted by atomic mass is 9.88. The van der Waals surface area contributed by atoms with Crippen molar-refractivity contribution in [2.24, 2.45) is 17.8 Å². The first-order valence-corrected chi connectivity index (χ1v) is 14.3. The van der Waals surface area contributed by atoms with Crippen LogP contribution in [0, 0.1) is 29.6 Å². The Bertz CT molecular complexity index is 1080. The molecular weight excluding hydrogens is 464 g/mol. The number of hydrogen-bond acceptors (Lipinski definition) is 5. The first-order chi connectivity index (χ1) is 16.7. The first-order valence-electron chi connectivity index (χ1n) is 12.9. The summed E-state index contributed by atoms with van der Waals surface area (Å²) in [6.45, 7) is 3.93. The summed E-state index contributed by atoms with van der Waals surface area (Å²) >= 11 is 0. The summed E-state index contributed by atoms with van der Waals surface area (Å²) in [4.78, 5) is 15.0. The van der Waals surface area contributed by atoms with Crippen LogP contribution in [0.3, 0.4) is 0 Å². The van der Waals surface area contributed by atoms with Gasteiger partial charge in [-0.2, -0.15) is 4.31 Å². The van der Waals surface area contributed by atoms with Gasteiger partial charge in [-0.3, -0.25) is 4.79 Å². The highest BCUT2D eigenvalue weighted by Crippen LogP contribution is 2.35. The third-order valence-electron chi connectivity index (χ3n) is 7.45. The highest BCUT2D eigenvalue weighted by molar-refractivity contribution is 7.89. The van der Waals surface area contributed by atoms with Gasteiger partial charge in [-0.1, -0.05) is 38.0 Å². The maximum absolute atomic E-state index is 13.6. The van der Waals surface area contributed by atoms with Crippen LogP contribution < -0.4 is 4.74 Å². The molecule has 0 unspecified atom stereocenters. The average Bonchev–Trinajstić information content (AvgIpc) is 3.69. The van der Waals surface area contributed by atoms with Gasteiger partial charge in [-0.25, -0.2) is 8.42 Å². The predicted octanol–water partition coefficient (Wildman–Crippen LogP) is 3.26. The largest absolute Gasteiger partial charge is 0.487 e. The minimum absolute atomic E-state index is 0.0560. The third-order valence-corrected chi connectivity index (χ3v) is 9.47. The Labute approximate surface area is 209 Å². The molecule has 8 heteroatoms. The molecule has 0 saturated heterocycles. The average molecular weight is 503 g/mol. The highest BCUT2D eigenvalue weighted by atomic mass is 32.2. The molecule has 192 valence electrons. The standard InChI is InChI=1S/C27H38N2O5S/c1-19-16-29(20(2)18-30)35(32,33)26-14-13-22(12-11-21-9-10-21)15-24(26)34-25(19)17-28(3)27(31)23-7-5-4-6-8-23/h13-15,19-21,23,25,30H,4-10,16-18H2,1-3H3/t19-,20+,25+/m0/s1. The minimum atomic E-state index is -3.89. The Morgan fingerprint density at radius 3 is 2.60 bits per heavy atom. The zero-order chi connectivity index (χ0) is 25.2. The van der Waals surface area contributed by atoms with Crippen molar-refractivity contribution in [1.82, 2.24) is 9.21 Å². The fourth-order valence-corrected chi connectivity index (χ4v) is 6.78. The van der Waals surface area contributed by atoms with Crippen LogP contribution in [0.1, 0.15) is 64.4 Å². The Hall–Kier alpha value is -2.08. The minimum Gasteiger partial charge on any atom is -0.487 e. The van der Waals surface area contributed by atoms with E-state index in [0.29, 0.717) is 18.0 Å². The number of carbonyl (C=O) groups excluding carboxylic acids is 1. The van der Waals surface area contributed by atoms with Crippen LogP contribution in [0.15, 0.2) is 23.1 Å². The molecule has 1 aliphatic heterocycles. The second-order valence-corrected chi connectivity index (χ2v) is 12.4. The SMILES string of the molecule is C[C@H](CO)N1C[C@H](C)[C@@H](CN(C)C(=O)C2CCCCC2)Oc2cc(C#CC3CC3)ccc2S1(=O)=O. The fourth-order valence-electron chi connectivity index (χ4n) is 4.96. The topological polar surface area (TPSA) is 87.2 Å². The molecule has 1 N–H and O–H groups in total. The number of carbonyl (C=O) groups is 1. The smallest absolute Gasteiger partial charge is 0.247 e. The molecule has 2 aliphatic carbocycles. The fraction of sp³-hybridized carbons (Fsp3) is 0.667. The molecule has 2 fully saturated rings. The van der Waals surface area contributed by atoms with Crippen LogP contribution in [0.5, 0.6) is 5.75 Å². The van der Waals surface area contributed by atoms with Gasteiger partial charge in [-0.15, -0.1) is 0 Å². The van der Waals surface area contributed by atoms with E-state index in [9.17, 15) is 18.3 Å². The quantitative estimate of drug-likeness (QED) is 0.625. The molecule has 0 radical (unpaired) electrons. The van der Waals surface area contributed by atoms with Gasteiger partial charge in [0, 0.05) is 43.0 Å². The van der Waals surface area contributed by atoms with E-state index in [4.69, 9.17) is 4.74 Å². The van der Waals surface area contributed by atoms with Gasteiger partial charge in [0.2, 0.25) is 15.9 Å². The van der Waals surface area contributed by atoms with E-state index in [2.05, 4.69) is 11.8 Å². The monoisotopic (exact) mass is 502 g/mol. The van der Waals surface area contributed by atoms with Crippen LogP contribution >= 0.6 is 0 Å². The number of ether oxygens (including phenoxy) is 1. The van der Waals surface area contributed by atoms with E-state index in [-0.39, 0.29) is 41.5 Å². The number of rotatable bonds is 5. The van der Waals surface area contributed by atoms with Crippen molar-refractivity contribution in [3.63, 3.8) is 0 Å². The van der Waals surface area contributed by atoms with E-state index in [1.165, 1.54) is 10.7 Å². The Kier molecular flexibility index (Phi) is 8.09. The van der Waals surface area contributed by atoms with E-state index in [1.54, 1.807) is 30.0 Å². The maximum Gasteiger partial charge on any atom is 0.247 e. The van der Waals surface area contributed by atoms with Crippen molar-refractivity contribution < 1.29 is 23.1 Å². The number of aliphatic hydroxyl groups is 1. The van der Waals surface area contributed by atoms with E-state index in [0.717, 1.165) is 38.5 Å². The van der Waals surface area contributed by atoms with Gasteiger partial charge >= 0.3 is 0 Å². The molecule has 1 heterocycles. The summed E-state index contributed by atoms with van der Waals surface area (Å²) in [7, 11) is -2.07. The zero-order valence-corrected chi connectivity index (χ0v) is 21.9. The lowest BCUT2D eigenvalue weighted by Crippen LogP contribution is -2.50.